The van der Waals surface area contributed by atoms with Gasteiger partial charge < -0.3 is 14.7 Å². The van der Waals surface area contributed by atoms with Gasteiger partial charge in [-0.1, -0.05) is 24.3 Å². The molecule has 2 rings (SSSR count). The summed E-state index contributed by atoms with van der Waals surface area (Å²) >= 11 is 0. The summed E-state index contributed by atoms with van der Waals surface area (Å²) in [4.78, 5) is 2.19. The molecule has 0 radical (unpaired) electrons. The Balaban J connectivity index is 2.26. The van der Waals surface area contributed by atoms with Crippen LogP contribution in [0, 0.1) is 0 Å². The molecule has 0 heterocycles. The third-order valence-electron chi connectivity index (χ3n) is 3.43. The van der Waals surface area contributed by atoms with Crippen molar-refractivity contribution in [3.63, 3.8) is 0 Å². The Kier molecular flexibility index (Phi) is 3.95. The third kappa shape index (κ3) is 2.81. The number of anilines is 1. The molecule has 0 aromatic heterocycles. The highest BCUT2D eigenvalue weighted by atomic mass is 16.5. The SMILES string of the molecule is COc1cc(C(C)N(C)c2ccccc2)ccc1O. The van der Waals surface area contributed by atoms with Gasteiger partial charge in [-0.15, -0.1) is 0 Å². The van der Waals surface area contributed by atoms with Crippen molar-refractivity contribution in [3.05, 3.63) is 54.1 Å². The second-order valence-electron chi connectivity index (χ2n) is 4.55. The number of rotatable bonds is 4. The lowest BCUT2D eigenvalue weighted by molar-refractivity contribution is 0.372. The van der Waals surface area contributed by atoms with Crippen LogP contribution in [-0.4, -0.2) is 19.3 Å². The number of nitrogens with zero attached hydrogens (tertiary/aromatic N) is 1. The van der Waals surface area contributed by atoms with Crippen molar-refractivity contribution in [3.8, 4) is 11.5 Å². The van der Waals surface area contributed by atoms with Crippen LogP contribution in [0.4, 0.5) is 5.69 Å². The Hall–Kier alpha value is -2.16. The van der Waals surface area contributed by atoms with Gasteiger partial charge >= 0.3 is 0 Å². The molecule has 2 aromatic rings. The average molecular weight is 257 g/mol. The van der Waals surface area contributed by atoms with E-state index in [0.29, 0.717) is 5.75 Å². The number of phenols is 1. The van der Waals surface area contributed by atoms with Gasteiger partial charge in [0, 0.05) is 12.7 Å². The molecule has 100 valence electrons. The lowest BCUT2D eigenvalue weighted by Gasteiger charge is -2.27. The van der Waals surface area contributed by atoms with Crippen LogP contribution in [-0.2, 0) is 0 Å². The van der Waals surface area contributed by atoms with Gasteiger partial charge in [0.1, 0.15) is 0 Å². The summed E-state index contributed by atoms with van der Waals surface area (Å²) in [5, 5.41) is 9.63. The number of methoxy groups -OCH3 is 1. The first kappa shape index (κ1) is 13.3. The van der Waals surface area contributed by atoms with Crippen molar-refractivity contribution in [1.29, 1.82) is 0 Å². The molecule has 0 fully saturated rings. The summed E-state index contributed by atoms with van der Waals surface area (Å²) in [7, 11) is 3.61. The Bertz CT molecular complexity index is 540. The van der Waals surface area contributed by atoms with Gasteiger partial charge in [-0.05, 0) is 36.8 Å². The minimum absolute atomic E-state index is 0.167. The summed E-state index contributed by atoms with van der Waals surface area (Å²) in [5.74, 6) is 0.673. The maximum absolute atomic E-state index is 9.63. The monoisotopic (exact) mass is 257 g/mol. The van der Waals surface area contributed by atoms with Gasteiger partial charge in [0.15, 0.2) is 11.5 Å². The van der Waals surface area contributed by atoms with Crippen molar-refractivity contribution < 1.29 is 9.84 Å². The maximum atomic E-state index is 9.63. The molecule has 2 aromatic carbocycles. The van der Waals surface area contributed by atoms with Crippen LogP contribution in [0.3, 0.4) is 0 Å². The standard InChI is InChI=1S/C16H19NO2/c1-12(17(2)14-7-5-4-6-8-14)13-9-10-15(18)16(11-13)19-3/h4-12,18H,1-3H3. The number of phenolic OH excluding ortho intramolecular Hbond substituents is 1. The minimum atomic E-state index is 0.167. The van der Waals surface area contributed by atoms with Gasteiger partial charge in [-0.2, -0.15) is 0 Å². The molecule has 0 amide bonds. The largest absolute Gasteiger partial charge is 0.504 e. The number of aromatic hydroxyl groups is 1. The number of benzene rings is 2. The molecule has 3 nitrogen and oxygen atoms in total. The smallest absolute Gasteiger partial charge is 0.160 e. The van der Waals surface area contributed by atoms with E-state index in [2.05, 4.69) is 31.0 Å². The van der Waals surface area contributed by atoms with E-state index >= 15 is 0 Å². The van der Waals surface area contributed by atoms with Gasteiger partial charge in [0.05, 0.1) is 13.2 Å². The zero-order valence-electron chi connectivity index (χ0n) is 11.5. The van der Waals surface area contributed by atoms with Crippen molar-refractivity contribution in [2.75, 3.05) is 19.1 Å². The van der Waals surface area contributed by atoms with E-state index in [9.17, 15) is 5.11 Å². The topological polar surface area (TPSA) is 32.7 Å². The molecular formula is C16H19NO2. The highest BCUT2D eigenvalue weighted by Crippen LogP contribution is 2.32. The van der Waals surface area contributed by atoms with E-state index in [1.54, 1.807) is 13.2 Å². The first-order valence-electron chi connectivity index (χ1n) is 6.28. The molecule has 0 aliphatic rings. The number of ether oxygens (including phenoxy) is 1. The lowest BCUT2D eigenvalue weighted by Crippen LogP contribution is -2.21. The summed E-state index contributed by atoms with van der Waals surface area (Å²) < 4.78 is 5.15. The fraction of sp³-hybridized carbons (Fsp3) is 0.250. The molecule has 0 saturated carbocycles. The van der Waals surface area contributed by atoms with Gasteiger partial charge in [-0.3, -0.25) is 0 Å². The van der Waals surface area contributed by atoms with Crippen LogP contribution in [0.25, 0.3) is 0 Å². The molecular weight excluding hydrogens is 238 g/mol. The Labute approximate surface area is 114 Å². The van der Waals surface area contributed by atoms with Crippen LogP contribution in [0.5, 0.6) is 11.5 Å². The van der Waals surface area contributed by atoms with Crippen molar-refractivity contribution in [2.45, 2.75) is 13.0 Å². The molecule has 0 saturated heterocycles. The predicted molar refractivity (Wildman–Crippen MR) is 77.9 cm³/mol. The summed E-state index contributed by atoms with van der Waals surface area (Å²) in [6.45, 7) is 2.12. The van der Waals surface area contributed by atoms with E-state index in [0.717, 1.165) is 11.3 Å². The Morgan fingerprint density at radius 1 is 1.11 bits per heavy atom. The summed E-state index contributed by atoms with van der Waals surface area (Å²) in [6.07, 6.45) is 0. The normalized spacial score (nSPS) is 11.9. The molecule has 1 atom stereocenters. The Morgan fingerprint density at radius 2 is 1.79 bits per heavy atom. The molecule has 1 N–H and O–H groups in total. The zero-order valence-corrected chi connectivity index (χ0v) is 11.5. The summed E-state index contributed by atoms with van der Waals surface area (Å²) in [6, 6.07) is 15.9. The van der Waals surface area contributed by atoms with Crippen molar-refractivity contribution in [2.24, 2.45) is 0 Å². The van der Waals surface area contributed by atoms with Gasteiger partial charge in [-0.25, -0.2) is 0 Å². The fourth-order valence-electron chi connectivity index (χ4n) is 2.06. The Morgan fingerprint density at radius 3 is 2.42 bits per heavy atom. The first-order valence-corrected chi connectivity index (χ1v) is 6.28. The zero-order chi connectivity index (χ0) is 13.8. The lowest BCUT2D eigenvalue weighted by atomic mass is 10.1. The molecule has 1 unspecified atom stereocenters. The molecule has 0 bridgehead atoms. The molecule has 0 aliphatic carbocycles. The highest BCUT2D eigenvalue weighted by molar-refractivity contribution is 5.49. The third-order valence-corrected chi connectivity index (χ3v) is 3.43. The maximum Gasteiger partial charge on any atom is 0.160 e. The first-order chi connectivity index (χ1) is 9.13. The quantitative estimate of drug-likeness (QED) is 0.908. The minimum Gasteiger partial charge on any atom is -0.504 e. The number of hydrogen-bond donors (Lipinski definition) is 1. The second-order valence-corrected chi connectivity index (χ2v) is 4.55. The number of para-hydroxylation sites is 1. The highest BCUT2D eigenvalue weighted by Gasteiger charge is 2.14. The molecule has 19 heavy (non-hydrogen) atoms. The van der Waals surface area contributed by atoms with E-state index in [4.69, 9.17) is 4.74 Å². The second kappa shape index (κ2) is 5.65. The predicted octanol–water partition coefficient (Wildman–Crippen LogP) is 3.60. The van der Waals surface area contributed by atoms with Crippen LogP contribution < -0.4 is 9.64 Å². The van der Waals surface area contributed by atoms with Gasteiger partial charge in [0.25, 0.3) is 0 Å². The number of hydrogen-bond acceptors (Lipinski definition) is 3. The van der Waals surface area contributed by atoms with Crippen LogP contribution in [0.15, 0.2) is 48.5 Å². The van der Waals surface area contributed by atoms with Crippen LogP contribution >= 0.6 is 0 Å². The fourth-order valence-corrected chi connectivity index (χ4v) is 2.06. The molecule has 0 aliphatic heterocycles. The van der Waals surface area contributed by atoms with Gasteiger partial charge in [0.2, 0.25) is 0 Å². The molecule has 0 spiro atoms. The van der Waals surface area contributed by atoms with E-state index in [1.165, 1.54) is 0 Å². The summed E-state index contributed by atoms with van der Waals surface area (Å²) in [5.41, 5.74) is 2.25. The van der Waals surface area contributed by atoms with E-state index in [-0.39, 0.29) is 11.8 Å². The van der Waals surface area contributed by atoms with E-state index < -0.39 is 0 Å². The average Bonchev–Trinajstić information content (AvgIpc) is 2.47. The van der Waals surface area contributed by atoms with Crippen molar-refractivity contribution >= 4 is 5.69 Å². The van der Waals surface area contributed by atoms with Crippen molar-refractivity contribution in [1.82, 2.24) is 0 Å². The van der Waals surface area contributed by atoms with Crippen LogP contribution in [0.1, 0.15) is 18.5 Å². The molecule has 3 heteroatoms. The van der Waals surface area contributed by atoms with Crippen LogP contribution in [0.2, 0.25) is 0 Å². The van der Waals surface area contributed by atoms with E-state index in [1.807, 2.05) is 30.3 Å².